The number of aliphatic hydroxyl groups excluding tert-OH is 1. The number of nitrogens with zero attached hydrogens (tertiary/aromatic N) is 1. The third kappa shape index (κ3) is 3.37. The van der Waals surface area contributed by atoms with E-state index in [1.807, 2.05) is 37.4 Å². The Balaban J connectivity index is 1.67. The van der Waals surface area contributed by atoms with Gasteiger partial charge in [0.1, 0.15) is 12.4 Å². The molecule has 3 rings (SSSR count). The molecule has 0 saturated heterocycles. The number of pyridine rings is 1. The Morgan fingerprint density at radius 2 is 2.18 bits per heavy atom. The van der Waals surface area contributed by atoms with Gasteiger partial charge in [0.25, 0.3) is 0 Å². The van der Waals surface area contributed by atoms with Crippen LogP contribution in [0.25, 0.3) is 10.2 Å². The van der Waals surface area contributed by atoms with E-state index in [0.29, 0.717) is 6.61 Å². The molecule has 0 spiro atoms. The maximum atomic E-state index is 8.78. The molecule has 2 N–H and O–H groups in total. The average molecular weight is 314 g/mol. The van der Waals surface area contributed by atoms with Crippen LogP contribution in [0.3, 0.4) is 0 Å². The van der Waals surface area contributed by atoms with Crippen molar-refractivity contribution in [1.29, 1.82) is 0 Å². The highest BCUT2D eigenvalue weighted by atomic mass is 32.1. The second-order valence-electron chi connectivity index (χ2n) is 5.05. The number of anilines is 1. The first-order chi connectivity index (χ1) is 10.8. The summed E-state index contributed by atoms with van der Waals surface area (Å²) >= 11 is 1.71. The zero-order chi connectivity index (χ0) is 15.4. The zero-order valence-electron chi connectivity index (χ0n) is 12.4. The molecular weight excluding hydrogens is 296 g/mol. The molecule has 0 bridgehead atoms. The van der Waals surface area contributed by atoms with E-state index in [-0.39, 0.29) is 6.61 Å². The predicted octanol–water partition coefficient (Wildman–Crippen LogP) is 3.59. The molecule has 4 nitrogen and oxygen atoms in total. The molecule has 22 heavy (non-hydrogen) atoms. The summed E-state index contributed by atoms with van der Waals surface area (Å²) in [6.07, 6.45) is 1.91. The first-order valence-electron chi connectivity index (χ1n) is 7.16. The smallest absolute Gasteiger partial charge is 0.119 e. The van der Waals surface area contributed by atoms with Crippen molar-refractivity contribution in [3.8, 4) is 5.75 Å². The van der Waals surface area contributed by atoms with Crippen molar-refractivity contribution >= 4 is 27.2 Å². The molecule has 0 aliphatic rings. The number of nitrogens with one attached hydrogen (secondary N) is 1. The molecule has 0 fully saturated rings. The summed E-state index contributed by atoms with van der Waals surface area (Å²) in [5.74, 6) is 0.777. The van der Waals surface area contributed by atoms with E-state index in [0.717, 1.165) is 34.6 Å². The molecule has 0 unspecified atom stereocenters. The van der Waals surface area contributed by atoms with Crippen molar-refractivity contribution in [2.75, 3.05) is 18.5 Å². The van der Waals surface area contributed by atoms with Gasteiger partial charge in [-0.15, -0.1) is 11.3 Å². The Bertz CT molecular complexity index is 770. The van der Waals surface area contributed by atoms with Crippen LogP contribution in [0, 0.1) is 6.92 Å². The van der Waals surface area contributed by atoms with E-state index in [9.17, 15) is 0 Å². The molecule has 0 saturated carbocycles. The van der Waals surface area contributed by atoms with Crippen molar-refractivity contribution in [2.24, 2.45) is 0 Å². The molecule has 0 amide bonds. The average Bonchev–Trinajstić information content (AvgIpc) is 2.99. The number of thiophene rings is 1. The van der Waals surface area contributed by atoms with Crippen LogP contribution in [0.4, 0.5) is 5.69 Å². The molecule has 0 aliphatic heterocycles. The maximum absolute atomic E-state index is 8.78. The number of aliphatic hydroxyl groups is 1. The minimum Gasteiger partial charge on any atom is -0.491 e. The number of fused-ring (bicyclic) bond motifs is 1. The van der Waals surface area contributed by atoms with Crippen molar-refractivity contribution in [3.05, 3.63) is 53.0 Å². The van der Waals surface area contributed by atoms with Crippen LogP contribution in [-0.4, -0.2) is 23.3 Å². The molecule has 0 radical (unpaired) electrons. The first kappa shape index (κ1) is 14.8. The Kier molecular flexibility index (Phi) is 4.56. The Morgan fingerprint density at radius 3 is 3.00 bits per heavy atom. The largest absolute Gasteiger partial charge is 0.491 e. The molecule has 2 aromatic heterocycles. The molecule has 114 valence electrons. The fraction of sp³-hybridized carbons (Fsp3) is 0.235. The highest BCUT2D eigenvalue weighted by Crippen LogP contribution is 2.23. The fourth-order valence-corrected chi connectivity index (χ4v) is 3.07. The summed E-state index contributed by atoms with van der Waals surface area (Å²) in [7, 11) is 0. The summed E-state index contributed by atoms with van der Waals surface area (Å²) in [4.78, 5) is 4.45. The second kappa shape index (κ2) is 6.77. The number of ether oxygens (including phenoxy) is 1. The van der Waals surface area contributed by atoms with Gasteiger partial charge in [-0.2, -0.15) is 0 Å². The number of benzene rings is 1. The van der Waals surface area contributed by atoms with Gasteiger partial charge in [-0.25, -0.2) is 0 Å². The molecule has 2 heterocycles. The van der Waals surface area contributed by atoms with Crippen molar-refractivity contribution in [3.63, 3.8) is 0 Å². The van der Waals surface area contributed by atoms with Crippen molar-refractivity contribution in [1.82, 2.24) is 4.98 Å². The highest BCUT2D eigenvalue weighted by Gasteiger charge is 2.03. The second-order valence-corrected chi connectivity index (χ2v) is 6.00. The van der Waals surface area contributed by atoms with Gasteiger partial charge in [0.15, 0.2) is 0 Å². The number of aryl methyl sites for hydroxylation is 1. The monoisotopic (exact) mass is 314 g/mol. The van der Waals surface area contributed by atoms with Gasteiger partial charge in [-0.3, -0.25) is 4.98 Å². The van der Waals surface area contributed by atoms with Gasteiger partial charge in [0, 0.05) is 18.4 Å². The summed E-state index contributed by atoms with van der Waals surface area (Å²) in [5, 5.41) is 14.3. The van der Waals surface area contributed by atoms with Gasteiger partial charge >= 0.3 is 0 Å². The lowest BCUT2D eigenvalue weighted by atomic mass is 10.2. The summed E-state index contributed by atoms with van der Waals surface area (Å²) in [6.45, 7) is 3.11. The van der Waals surface area contributed by atoms with Crippen LogP contribution >= 0.6 is 11.3 Å². The maximum Gasteiger partial charge on any atom is 0.119 e. The van der Waals surface area contributed by atoms with E-state index >= 15 is 0 Å². The van der Waals surface area contributed by atoms with Gasteiger partial charge in [-0.05, 0) is 53.8 Å². The molecule has 0 aliphatic carbocycles. The first-order valence-corrected chi connectivity index (χ1v) is 8.04. The number of aromatic nitrogens is 1. The van der Waals surface area contributed by atoms with Crippen LogP contribution in [0.1, 0.15) is 11.1 Å². The Morgan fingerprint density at radius 1 is 1.27 bits per heavy atom. The molecule has 5 heteroatoms. The minimum absolute atomic E-state index is 0.0250. The van der Waals surface area contributed by atoms with E-state index < -0.39 is 0 Å². The number of hydrogen-bond donors (Lipinski definition) is 2. The molecule has 1 aromatic carbocycles. The van der Waals surface area contributed by atoms with Crippen LogP contribution in [-0.2, 0) is 6.54 Å². The van der Waals surface area contributed by atoms with Crippen LogP contribution in [0.2, 0.25) is 0 Å². The Hall–Kier alpha value is -2.11. The topological polar surface area (TPSA) is 54.4 Å². The SMILES string of the molecule is Cc1cc(OCCO)ccc1NCc1cnc2ccsc2c1. The van der Waals surface area contributed by atoms with Crippen molar-refractivity contribution < 1.29 is 9.84 Å². The van der Waals surface area contributed by atoms with Crippen LogP contribution in [0.5, 0.6) is 5.75 Å². The third-order valence-electron chi connectivity index (χ3n) is 3.40. The van der Waals surface area contributed by atoms with Gasteiger partial charge in [0.05, 0.1) is 16.8 Å². The molecular formula is C17H18N2O2S. The summed E-state index contributed by atoms with van der Waals surface area (Å²) in [6, 6.07) is 10.1. The zero-order valence-corrected chi connectivity index (χ0v) is 13.2. The minimum atomic E-state index is 0.0250. The summed E-state index contributed by atoms with van der Waals surface area (Å²) < 4.78 is 6.62. The van der Waals surface area contributed by atoms with Crippen LogP contribution < -0.4 is 10.1 Å². The predicted molar refractivity (Wildman–Crippen MR) is 90.7 cm³/mol. The lowest BCUT2D eigenvalue weighted by molar-refractivity contribution is 0.201. The van der Waals surface area contributed by atoms with E-state index in [1.165, 1.54) is 4.70 Å². The van der Waals surface area contributed by atoms with E-state index in [2.05, 4.69) is 21.7 Å². The quantitative estimate of drug-likeness (QED) is 0.730. The van der Waals surface area contributed by atoms with E-state index in [4.69, 9.17) is 9.84 Å². The number of hydrogen-bond acceptors (Lipinski definition) is 5. The third-order valence-corrected chi connectivity index (χ3v) is 4.25. The standard InChI is InChI=1S/C17H18N2O2S/c1-12-8-14(21-6-5-20)2-3-15(12)18-10-13-9-17-16(19-11-13)4-7-22-17/h2-4,7-9,11,18,20H,5-6,10H2,1H3. The van der Waals surface area contributed by atoms with Gasteiger partial charge in [0.2, 0.25) is 0 Å². The van der Waals surface area contributed by atoms with Gasteiger partial charge in [-0.1, -0.05) is 0 Å². The van der Waals surface area contributed by atoms with Crippen LogP contribution in [0.15, 0.2) is 41.9 Å². The summed E-state index contributed by atoms with van der Waals surface area (Å²) in [5.41, 5.74) is 4.40. The van der Waals surface area contributed by atoms with Gasteiger partial charge < -0.3 is 15.2 Å². The fourth-order valence-electron chi connectivity index (χ4n) is 2.27. The molecule has 0 atom stereocenters. The highest BCUT2D eigenvalue weighted by molar-refractivity contribution is 7.17. The number of rotatable bonds is 6. The Labute approximate surface area is 133 Å². The lowest BCUT2D eigenvalue weighted by Crippen LogP contribution is -2.04. The van der Waals surface area contributed by atoms with Crippen molar-refractivity contribution in [2.45, 2.75) is 13.5 Å². The normalized spacial score (nSPS) is 10.8. The molecule has 3 aromatic rings. The lowest BCUT2D eigenvalue weighted by Gasteiger charge is -2.12. The van der Waals surface area contributed by atoms with E-state index in [1.54, 1.807) is 11.3 Å².